The summed E-state index contributed by atoms with van der Waals surface area (Å²) in [4.78, 5) is 8.56. The number of fused-ring (bicyclic) bond motifs is 1. The molecule has 5 heteroatoms. The first-order chi connectivity index (χ1) is 14.7. The zero-order chi connectivity index (χ0) is 20.8. The summed E-state index contributed by atoms with van der Waals surface area (Å²) < 4.78 is 20.5. The Labute approximate surface area is 181 Å². The minimum atomic E-state index is -0.265. The molecular weight excluding hydrogens is 395 g/mol. The molecule has 3 heterocycles. The molecule has 0 spiro atoms. The lowest BCUT2D eigenvalue weighted by Crippen LogP contribution is -1.88. The first-order valence-corrected chi connectivity index (χ1v) is 11.6. The summed E-state index contributed by atoms with van der Waals surface area (Å²) in [5, 5.41) is 1.61. The van der Waals surface area contributed by atoms with E-state index in [-0.39, 0.29) is 5.13 Å². The van der Waals surface area contributed by atoms with Crippen molar-refractivity contribution in [1.29, 1.82) is 0 Å². The molecule has 1 aromatic carbocycles. The molecule has 30 heavy (non-hydrogen) atoms. The molecule has 0 amide bonds. The molecule has 0 atom stereocenters. The van der Waals surface area contributed by atoms with Crippen LogP contribution < -0.4 is 0 Å². The Bertz CT molecular complexity index is 1090. The van der Waals surface area contributed by atoms with Crippen LogP contribution in [-0.4, -0.2) is 9.97 Å². The summed E-state index contributed by atoms with van der Waals surface area (Å²) in [5.74, 6) is 1.05. The van der Waals surface area contributed by atoms with E-state index in [0.29, 0.717) is 17.7 Å². The van der Waals surface area contributed by atoms with Crippen molar-refractivity contribution < 1.29 is 8.81 Å². The van der Waals surface area contributed by atoms with Gasteiger partial charge in [-0.2, -0.15) is 4.39 Å². The van der Waals surface area contributed by atoms with E-state index >= 15 is 0 Å². The number of halogens is 1. The number of hydrogen-bond acceptors (Lipinski definition) is 4. The van der Waals surface area contributed by atoms with Gasteiger partial charge in [-0.1, -0.05) is 62.5 Å². The molecule has 0 saturated heterocycles. The summed E-state index contributed by atoms with van der Waals surface area (Å²) >= 11 is 1.10. The summed E-state index contributed by atoms with van der Waals surface area (Å²) in [5.41, 5.74) is 3.06. The van der Waals surface area contributed by atoms with Crippen LogP contribution in [0.3, 0.4) is 0 Å². The van der Waals surface area contributed by atoms with Crippen LogP contribution in [0.5, 0.6) is 0 Å². The fourth-order valence-corrected chi connectivity index (χ4v) is 4.56. The molecule has 0 bridgehead atoms. The largest absolute Gasteiger partial charge is 0.461 e. The predicted octanol–water partition coefficient (Wildman–Crippen LogP) is 7.58. The van der Waals surface area contributed by atoms with Gasteiger partial charge in [-0.3, -0.25) is 4.98 Å². The maximum absolute atomic E-state index is 14.4. The number of aromatic nitrogens is 2. The van der Waals surface area contributed by atoms with E-state index in [1.54, 1.807) is 18.5 Å². The van der Waals surface area contributed by atoms with Crippen molar-refractivity contribution in [3.8, 4) is 11.3 Å². The Morgan fingerprint density at radius 2 is 1.90 bits per heavy atom. The second kappa shape index (κ2) is 9.98. The second-order valence-corrected chi connectivity index (χ2v) is 8.78. The molecule has 0 aliphatic rings. The van der Waals surface area contributed by atoms with Gasteiger partial charge in [0.25, 0.3) is 0 Å². The molecule has 0 aliphatic heterocycles. The molecule has 0 fully saturated rings. The minimum Gasteiger partial charge on any atom is -0.461 e. The van der Waals surface area contributed by atoms with Crippen molar-refractivity contribution in [2.24, 2.45) is 0 Å². The lowest BCUT2D eigenvalue weighted by molar-refractivity contribution is 0.521. The monoisotopic (exact) mass is 422 g/mol. The molecule has 4 rings (SSSR count). The van der Waals surface area contributed by atoms with Crippen molar-refractivity contribution in [1.82, 2.24) is 9.97 Å². The zero-order valence-corrected chi connectivity index (χ0v) is 18.2. The van der Waals surface area contributed by atoms with Gasteiger partial charge in [0.05, 0.1) is 0 Å². The Morgan fingerprint density at radius 1 is 1.03 bits per heavy atom. The Kier molecular flexibility index (Phi) is 6.90. The fourth-order valence-electron chi connectivity index (χ4n) is 3.72. The highest BCUT2D eigenvalue weighted by Crippen LogP contribution is 2.29. The van der Waals surface area contributed by atoms with E-state index in [4.69, 9.17) is 4.42 Å². The van der Waals surface area contributed by atoms with Crippen LogP contribution in [0.1, 0.15) is 61.8 Å². The highest BCUT2D eigenvalue weighted by atomic mass is 32.1. The number of aryl methyl sites for hydroxylation is 1. The van der Waals surface area contributed by atoms with Gasteiger partial charge in [-0.25, -0.2) is 4.98 Å². The maximum Gasteiger partial charge on any atom is 0.204 e. The lowest BCUT2D eigenvalue weighted by atomic mass is 10.1. The molecule has 156 valence electrons. The summed E-state index contributed by atoms with van der Waals surface area (Å²) in [7, 11) is 0. The van der Waals surface area contributed by atoms with Gasteiger partial charge in [0, 0.05) is 36.2 Å². The molecule has 3 nitrogen and oxygen atoms in total. The average Bonchev–Trinajstić information content (AvgIpc) is 3.33. The fraction of sp³-hybridized carbons (Fsp3) is 0.360. The van der Waals surface area contributed by atoms with Crippen molar-refractivity contribution >= 4 is 22.3 Å². The van der Waals surface area contributed by atoms with Crippen LogP contribution in [-0.2, 0) is 12.8 Å². The second-order valence-electron chi connectivity index (χ2n) is 7.75. The van der Waals surface area contributed by atoms with Crippen molar-refractivity contribution in [2.75, 3.05) is 0 Å². The van der Waals surface area contributed by atoms with Crippen LogP contribution in [0.4, 0.5) is 4.39 Å². The molecular formula is C25H27FN2OS. The number of rotatable bonds is 10. The van der Waals surface area contributed by atoms with Gasteiger partial charge in [0.15, 0.2) is 0 Å². The maximum atomic E-state index is 14.4. The van der Waals surface area contributed by atoms with Crippen molar-refractivity contribution in [2.45, 2.75) is 58.3 Å². The third-order valence-corrected chi connectivity index (χ3v) is 6.18. The van der Waals surface area contributed by atoms with Crippen LogP contribution >= 0.6 is 11.3 Å². The van der Waals surface area contributed by atoms with E-state index < -0.39 is 0 Å². The van der Waals surface area contributed by atoms with Crippen molar-refractivity contribution in [3.05, 3.63) is 70.3 Å². The van der Waals surface area contributed by atoms with Crippen molar-refractivity contribution in [3.63, 3.8) is 0 Å². The number of thiazole rings is 1. The number of hydrogen-bond donors (Lipinski definition) is 0. The Hall–Kier alpha value is -2.53. The Morgan fingerprint density at radius 3 is 2.73 bits per heavy atom. The molecule has 0 unspecified atom stereocenters. The predicted molar refractivity (Wildman–Crippen MR) is 121 cm³/mol. The third-order valence-electron chi connectivity index (χ3n) is 5.33. The first-order valence-electron chi connectivity index (χ1n) is 10.8. The highest BCUT2D eigenvalue weighted by Gasteiger charge is 2.14. The van der Waals surface area contributed by atoms with E-state index in [0.717, 1.165) is 45.1 Å². The summed E-state index contributed by atoms with van der Waals surface area (Å²) in [6.07, 6.45) is 12.6. The number of nitrogens with zero attached hydrogens (tertiary/aromatic N) is 2. The van der Waals surface area contributed by atoms with Gasteiger partial charge in [-0.05, 0) is 36.2 Å². The van der Waals surface area contributed by atoms with Crippen LogP contribution in [0.2, 0.25) is 0 Å². The normalized spacial score (nSPS) is 11.4. The molecule has 0 saturated carbocycles. The lowest BCUT2D eigenvalue weighted by Gasteiger charge is -1.99. The van der Waals surface area contributed by atoms with Gasteiger partial charge < -0.3 is 4.42 Å². The van der Waals surface area contributed by atoms with Gasteiger partial charge in [0.1, 0.15) is 22.0 Å². The van der Waals surface area contributed by atoms with Crippen LogP contribution in [0, 0.1) is 5.13 Å². The smallest absolute Gasteiger partial charge is 0.204 e. The minimum absolute atomic E-state index is 0.265. The number of furan rings is 1. The average molecular weight is 423 g/mol. The van der Waals surface area contributed by atoms with Gasteiger partial charge in [0.2, 0.25) is 5.13 Å². The number of unbranched alkanes of at least 4 members (excludes halogenated alkanes) is 5. The topological polar surface area (TPSA) is 38.9 Å². The van der Waals surface area contributed by atoms with E-state index in [1.807, 2.05) is 6.07 Å². The molecule has 0 N–H and O–H groups in total. The number of pyridine rings is 1. The molecule has 3 aromatic heterocycles. The molecule has 0 radical (unpaired) electrons. The SMILES string of the molecule is CCCCCCCCc1cc2ccc(Cc3nc(-c4cccnc4)c(F)s3)cc2o1. The standard InChI is InChI=1S/C25H27FN2OS/c1-2-3-4-5-6-7-10-21-16-19-12-11-18(14-22(19)29-21)15-23-28-24(25(26)30-23)20-9-8-13-27-17-20/h8-9,11-14,16-17H,2-7,10,15H2,1H3. The quantitative estimate of drug-likeness (QED) is 0.247. The van der Waals surface area contributed by atoms with Crippen LogP contribution in [0.25, 0.3) is 22.2 Å². The zero-order valence-electron chi connectivity index (χ0n) is 17.4. The Balaban J connectivity index is 1.40. The van der Waals surface area contributed by atoms with E-state index in [2.05, 4.69) is 41.2 Å². The van der Waals surface area contributed by atoms with E-state index in [1.165, 1.54) is 38.5 Å². The van der Waals surface area contributed by atoms with Crippen LogP contribution in [0.15, 0.2) is 53.2 Å². The first kappa shape index (κ1) is 20.7. The highest BCUT2D eigenvalue weighted by molar-refractivity contribution is 7.10. The van der Waals surface area contributed by atoms with Gasteiger partial charge in [-0.15, -0.1) is 0 Å². The van der Waals surface area contributed by atoms with E-state index in [9.17, 15) is 4.39 Å². The molecule has 0 aliphatic carbocycles. The third kappa shape index (κ3) is 5.14. The summed E-state index contributed by atoms with van der Waals surface area (Å²) in [6.45, 7) is 2.24. The molecule has 4 aromatic rings. The van der Waals surface area contributed by atoms with Gasteiger partial charge >= 0.3 is 0 Å². The number of benzene rings is 1. The summed E-state index contributed by atoms with van der Waals surface area (Å²) in [6, 6.07) is 12.0.